The first kappa shape index (κ1) is 23.4. The van der Waals surface area contributed by atoms with Crippen molar-refractivity contribution in [2.75, 3.05) is 7.11 Å². The van der Waals surface area contributed by atoms with Crippen LogP contribution in [0.25, 0.3) is 33.5 Å². The highest BCUT2D eigenvalue weighted by Crippen LogP contribution is 2.33. The average Bonchev–Trinajstić information content (AvgIpc) is 3.52. The normalized spacial score (nSPS) is 14.8. The van der Waals surface area contributed by atoms with Gasteiger partial charge in [0.1, 0.15) is 5.82 Å². The van der Waals surface area contributed by atoms with Crippen molar-refractivity contribution in [1.82, 2.24) is 20.4 Å². The Balaban J connectivity index is 1.33. The van der Waals surface area contributed by atoms with E-state index in [0.29, 0.717) is 24.3 Å². The fourth-order valence-corrected chi connectivity index (χ4v) is 4.47. The third kappa shape index (κ3) is 4.75. The predicted octanol–water partition coefficient (Wildman–Crippen LogP) is 5.08. The molecular weight excluding hydrogens is 454 g/mol. The molecule has 1 aliphatic rings. The van der Waals surface area contributed by atoms with Gasteiger partial charge in [-0.1, -0.05) is 18.6 Å². The third-order valence-corrected chi connectivity index (χ3v) is 6.51. The Morgan fingerprint density at radius 1 is 1.08 bits per heavy atom. The number of hydrazone groups is 1. The number of hydrogen-bond acceptors (Lipinski definition) is 6. The summed E-state index contributed by atoms with van der Waals surface area (Å²) in [7, 11) is 1.61. The molecule has 182 valence electrons. The number of nitrogens with one attached hydrogen (secondary N) is 2. The van der Waals surface area contributed by atoms with Crippen LogP contribution in [0, 0.1) is 12.8 Å². The summed E-state index contributed by atoms with van der Waals surface area (Å²) in [6, 6.07) is 15.6. The van der Waals surface area contributed by atoms with E-state index in [1.165, 1.54) is 0 Å². The number of amides is 1. The van der Waals surface area contributed by atoms with Gasteiger partial charge in [0.15, 0.2) is 5.78 Å². The summed E-state index contributed by atoms with van der Waals surface area (Å²) in [5.41, 5.74) is 8.67. The molecule has 5 rings (SSSR count). The van der Waals surface area contributed by atoms with E-state index in [2.05, 4.69) is 32.6 Å². The van der Waals surface area contributed by atoms with E-state index in [4.69, 9.17) is 9.72 Å². The van der Waals surface area contributed by atoms with Crippen molar-refractivity contribution in [3.63, 3.8) is 0 Å². The van der Waals surface area contributed by atoms with Crippen LogP contribution in [0.4, 0.5) is 0 Å². The van der Waals surface area contributed by atoms with E-state index in [1.807, 2.05) is 43.3 Å². The fourth-order valence-electron chi connectivity index (χ4n) is 4.47. The molecule has 0 spiro atoms. The number of imidazole rings is 1. The summed E-state index contributed by atoms with van der Waals surface area (Å²) >= 11 is 0. The maximum atomic E-state index is 12.8. The summed E-state index contributed by atoms with van der Waals surface area (Å²) in [6.07, 6.45) is 6.01. The Bertz CT molecular complexity index is 1470. The van der Waals surface area contributed by atoms with Crippen molar-refractivity contribution in [3.05, 3.63) is 65.9 Å². The summed E-state index contributed by atoms with van der Waals surface area (Å²) in [4.78, 5) is 36.8. The monoisotopic (exact) mass is 481 g/mol. The van der Waals surface area contributed by atoms with Gasteiger partial charge in [0.2, 0.25) is 11.8 Å². The maximum Gasteiger partial charge on any atom is 0.248 e. The van der Waals surface area contributed by atoms with Gasteiger partial charge in [-0.2, -0.15) is 5.10 Å². The number of aryl methyl sites for hydroxylation is 1. The van der Waals surface area contributed by atoms with Crippen LogP contribution in [0.2, 0.25) is 0 Å². The number of hydrogen-bond donors (Lipinski definition) is 2. The minimum Gasteiger partial charge on any atom is -0.481 e. The Kier molecular flexibility index (Phi) is 6.58. The van der Waals surface area contributed by atoms with Crippen LogP contribution in [-0.4, -0.2) is 40.0 Å². The lowest BCUT2D eigenvalue weighted by molar-refractivity contribution is -0.122. The van der Waals surface area contributed by atoms with Crippen molar-refractivity contribution in [1.29, 1.82) is 0 Å². The molecular formula is C28H27N5O3. The zero-order valence-corrected chi connectivity index (χ0v) is 20.2. The van der Waals surface area contributed by atoms with Crippen molar-refractivity contribution >= 4 is 28.9 Å². The van der Waals surface area contributed by atoms with Crippen molar-refractivity contribution in [3.8, 4) is 28.4 Å². The number of aromatic amines is 1. The van der Waals surface area contributed by atoms with E-state index >= 15 is 0 Å². The van der Waals surface area contributed by atoms with Crippen molar-refractivity contribution in [2.45, 2.75) is 32.6 Å². The van der Waals surface area contributed by atoms with Gasteiger partial charge in [0.25, 0.3) is 0 Å². The topological polar surface area (TPSA) is 109 Å². The SMILES string of the molecule is COc1ncccc1-c1ccc(C)c(-c2nc3ccc(C(=O)CCCCC4C=NNC4=O)cc3[nH]2)c1. The maximum absolute atomic E-state index is 12.8. The Hall–Kier alpha value is -4.33. The number of aromatic nitrogens is 3. The number of ether oxygens (including phenoxy) is 1. The molecule has 2 N–H and O–H groups in total. The Morgan fingerprint density at radius 2 is 1.97 bits per heavy atom. The molecule has 1 unspecified atom stereocenters. The van der Waals surface area contributed by atoms with Crippen molar-refractivity contribution in [2.24, 2.45) is 11.0 Å². The number of methoxy groups -OCH3 is 1. The number of Topliss-reactive ketones (excluding diaryl/α,β-unsaturated/α-hetero) is 1. The molecule has 0 saturated carbocycles. The second-order valence-corrected chi connectivity index (χ2v) is 8.94. The van der Waals surface area contributed by atoms with Crippen LogP contribution in [0.1, 0.15) is 41.6 Å². The van der Waals surface area contributed by atoms with Crippen LogP contribution >= 0.6 is 0 Å². The highest BCUT2D eigenvalue weighted by atomic mass is 16.5. The number of carbonyl (C=O) groups excluding carboxylic acids is 2. The first-order chi connectivity index (χ1) is 17.5. The van der Waals surface area contributed by atoms with Crippen molar-refractivity contribution < 1.29 is 14.3 Å². The minimum absolute atomic E-state index is 0.0674. The number of ketones is 1. The molecule has 36 heavy (non-hydrogen) atoms. The van der Waals surface area contributed by atoms with Crippen LogP contribution in [0.3, 0.4) is 0 Å². The molecule has 0 aliphatic carbocycles. The predicted molar refractivity (Wildman–Crippen MR) is 139 cm³/mol. The molecule has 4 aromatic rings. The smallest absolute Gasteiger partial charge is 0.248 e. The molecule has 0 radical (unpaired) electrons. The fraction of sp³-hybridized carbons (Fsp3) is 0.250. The van der Waals surface area contributed by atoms with E-state index in [-0.39, 0.29) is 17.6 Å². The molecule has 1 aliphatic heterocycles. The zero-order chi connectivity index (χ0) is 25.1. The first-order valence-electron chi connectivity index (χ1n) is 12.0. The minimum atomic E-state index is -0.180. The number of benzene rings is 2. The molecule has 0 bridgehead atoms. The van der Waals surface area contributed by atoms with Crippen LogP contribution < -0.4 is 10.2 Å². The highest BCUT2D eigenvalue weighted by molar-refractivity contribution is 5.99. The lowest BCUT2D eigenvalue weighted by atomic mass is 9.99. The lowest BCUT2D eigenvalue weighted by Gasteiger charge is -2.10. The molecule has 1 atom stereocenters. The molecule has 0 fully saturated rings. The van der Waals surface area contributed by atoms with Gasteiger partial charge in [0.05, 0.1) is 24.1 Å². The highest BCUT2D eigenvalue weighted by Gasteiger charge is 2.20. The number of nitrogens with zero attached hydrogens (tertiary/aromatic N) is 3. The van der Waals surface area contributed by atoms with Gasteiger partial charge in [-0.3, -0.25) is 9.59 Å². The first-order valence-corrected chi connectivity index (χ1v) is 12.0. The van der Waals surface area contributed by atoms with Crippen LogP contribution in [0.5, 0.6) is 5.88 Å². The third-order valence-electron chi connectivity index (χ3n) is 6.51. The van der Waals surface area contributed by atoms with E-state index in [9.17, 15) is 9.59 Å². The lowest BCUT2D eigenvalue weighted by Crippen LogP contribution is -2.19. The molecule has 3 heterocycles. The molecule has 2 aromatic heterocycles. The summed E-state index contributed by atoms with van der Waals surface area (Å²) in [5.74, 6) is 1.15. The Labute approximate surface area is 208 Å². The van der Waals surface area contributed by atoms with E-state index in [1.54, 1.807) is 19.5 Å². The van der Waals surface area contributed by atoms with Crippen LogP contribution in [-0.2, 0) is 4.79 Å². The zero-order valence-electron chi connectivity index (χ0n) is 20.2. The van der Waals surface area contributed by atoms with Gasteiger partial charge in [0, 0.05) is 35.5 Å². The standard InChI is InChI=1S/C28H27N5O3/c1-17-9-10-18(21-7-5-13-29-28(21)36-2)14-22(17)26-31-23-12-11-19(15-24(23)32-26)25(34)8-4-3-6-20-16-30-33-27(20)35/h5,7,9-16,20H,3-4,6,8H2,1-2H3,(H,31,32)(H,33,35). The second kappa shape index (κ2) is 10.1. The van der Waals surface area contributed by atoms with Gasteiger partial charge in [-0.25, -0.2) is 15.4 Å². The quantitative estimate of drug-likeness (QED) is 0.256. The Morgan fingerprint density at radius 3 is 2.78 bits per heavy atom. The van der Waals surface area contributed by atoms with Gasteiger partial charge in [-0.05, 0) is 67.3 Å². The van der Waals surface area contributed by atoms with Gasteiger partial charge < -0.3 is 9.72 Å². The molecule has 1 amide bonds. The van der Waals surface area contributed by atoms with Crippen LogP contribution in [0.15, 0.2) is 59.8 Å². The van der Waals surface area contributed by atoms with E-state index in [0.717, 1.165) is 52.0 Å². The second-order valence-electron chi connectivity index (χ2n) is 8.94. The number of fused-ring (bicyclic) bond motifs is 1. The summed E-state index contributed by atoms with van der Waals surface area (Å²) in [5, 5.41) is 3.78. The number of H-pyrrole nitrogens is 1. The number of unbranched alkanes of at least 4 members (excludes halogenated alkanes) is 1. The number of pyridine rings is 1. The van der Waals surface area contributed by atoms with E-state index < -0.39 is 0 Å². The largest absolute Gasteiger partial charge is 0.481 e. The van der Waals surface area contributed by atoms with Gasteiger partial charge >= 0.3 is 0 Å². The molecule has 0 saturated heterocycles. The van der Waals surface area contributed by atoms with Gasteiger partial charge in [-0.15, -0.1) is 0 Å². The molecule has 8 heteroatoms. The number of carbonyl (C=O) groups is 2. The molecule has 2 aromatic carbocycles. The summed E-state index contributed by atoms with van der Waals surface area (Å²) in [6.45, 7) is 2.04. The molecule has 8 nitrogen and oxygen atoms in total. The summed E-state index contributed by atoms with van der Waals surface area (Å²) < 4.78 is 5.43. The average molecular weight is 482 g/mol. The number of rotatable bonds is 9.